The summed E-state index contributed by atoms with van der Waals surface area (Å²) in [6.07, 6.45) is 7.09. The highest BCUT2D eigenvalue weighted by atomic mass is 16.5. The van der Waals surface area contributed by atoms with Gasteiger partial charge >= 0.3 is 0 Å². The SMILES string of the molecule is CCCOc1cc(/C=N\NC(=O)c2ccc3[nH]c4c(c3c2)CCCC4)ccc1OC. The molecule has 1 heterocycles. The Hall–Kier alpha value is -3.28. The van der Waals surface area contributed by atoms with Crippen molar-refractivity contribution in [1.29, 1.82) is 0 Å². The number of ether oxygens (including phenoxy) is 2. The molecule has 30 heavy (non-hydrogen) atoms. The average Bonchev–Trinajstić information content (AvgIpc) is 3.15. The first-order valence-corrected chi connectivity index (χ1v) is 10.5. The van der Waals surface area contributed by atoms with Gasteiger partial charge in [0.25, 0.3) is 5.91 Å². The molecule has 0 spiro atoms. The van der Waals surface area contributed by atoms with Gasteiger partial charge in [0, 0.05) is 22.2 Å². The van der Waals surface area contributed by atoms with Crippen molar-refractivity contribution in [2.75, 3.05) is 13.7 Å². The Kier molecular flexibility index (Phi) is 6.02. The molecule has 156 valence electrons. The van der Waals surface area contributed by atoms with Crippen LogP contribution in [0.1, 0.15) is 53.4 Å². The zero-order valence-electron chi connectivity index (χ0n) is 17.5. The fourth-order valence-electron chi connectivity index (χ4n) is 3.88. The van der Waals surface area contributed by atoms with Crippen molar-refractivity contribution in [3.05, 3.63) is 58.8 Å². The van der Waals surface area contributed by atoms with Crippen LogP contribution in [0.15, 0.2) is 41.5 Å². The van der Waals surface area contributed by atoms with Crippen LogP contribution in [0.2, 0.25) is 0 Å². The van der Waals surface area contributed by atoms with E-state index in [9.17, 15) is 4.79 Å². The fourth-order valence-corrected chi connectivity index (χ4v) is 3.88. The van der Waals surface area contributed by atoms with Crippen molar-refractivity contribution in [3.8, 4) is 11.5 Å². The number of aryl methyl sites for hydroxylation is 2. The lowest BCUT2D eigenvalue weighted by molar-refractivity contribution is 0.0955. The average molecular weight is 405 g/mol. The van der Waals surface area contributed by atoms with Crippen LogP contribution in [-0.4, -0.2) is 30.8 Å². The number of carbonyl (C=O) groups is 1. The molecule has 1 aliphatic rings. The summed E-state index contributed by atoms with van der Waals surface area (Å²) in [5.41, 5.74) is 7.81. The van der Waals surface area contributed by atoms with Crippen LogP contribution in [0, 0.1) is 0 Å². The van der Waals surface area contributed by atoms with Crippen LogP contribution in [0.5, 0.6) is 11.5 Å². The van der Waals surface area contributed by atoms with Gasteiger partial charge in [-0.05, 0) is 79.6 Å². The summed E-state index contributed by atoms with van der Waals surface area (Å²) in [7, 11) is 1.61. The van der Waals surface area contributed by atoms with Crippen molar-refractivity contribution in [2.45, 2.75) is 39.0 Å². The van der Waals surface area contributed by atoms with Crippen LogP contribution in [-0.2, 0) is 12.8 Å². The number of hydrogen-bond acceptors (Lipinski definition) is 4. The molecule has 0 radical (unpaired) electrons. The smallest absolute Gasteiger partial charge is 0.271 e. The van der Waals surface area contributed by atoms with Gasteiger partial charge in [-0.15, -0.1) is 0 Å². The molecule has 0 unspecified atom stereocenters. The Labute approximate surface area is 176 Å². The standard InChI is InChI=1S/C24H27N3O3/c1-3-12-30-23-13-16(8-11-22(23)29-2)15-25-27-24(28)17-9-10-21-19(14-17)18-6-4-5-7-20(18)26-21/h8-11,13-15,26H,3-7,12H2,1-2H3,(H,27,28)/b25-15-. The summed E-state index contributed by atoms with van der Waals surface area (Å²) in [4.78, 5) is 16.1. The molecule has 1 aromatic heterocycles. The lowest BCUT2D eigenvalue weighted by Crippen LogP contribution is -2.17. The third-order valence-corrected chi connectivity index (χ3v) is 5.39. The molecule has 1 amide bonds. The maximum atomic E-state index is 12.6. The summed E-state index contributed by atoms with van der Waals surface area (Å²) >= 11 is 0. The zero-order chi connectivity index (χ0) is 20.9. The van der Waals surface area contributed by atoms with E-state index in [1.54, 1.807) is 13.3 Å². The maximum Gasteiger partial charge on any atom is 0.271 e. The van der Waals surface area contributed by atoms with Gasteiger partial charge in [0.05, 0.1) is 19.9 Å². The Bertz CT molecular complexity index is 1080. The number of nitrogens with one attached hydrogen (secondary N) is 2. The summed E-state index contributed by atoms with van der Waals surface area (Å²) < 4.78 is 11.0. The molecule has 2 aromatic carbocycles. The summed E-state index contributed by atoms with van der Waals surface area (Å²) in [6, 6.07) is 11.3. The van der Waals surface area contributed by atoms with Crippen LogP contribution in [0.3, 0.4) is 0 Å². The highest BCUT2D eigenvalue weighted by Gasteiger charge is 2.16. The van der Waals surface area contributed by atoms with Crippen molar-refractivity contribution < 1.29 is 14.3 Å². The minimum Gasteiger partial charge on any atom is -0.493 e. The minimum atomic E-state index is -0.227. The van der Waals surface area contributed by atoms with Crippen LogP contribution in [0.25, 0.3) is 10.9 Å². The number of carbonyl (C=O) groups excluding carboxylic acids is 1. The van der Waals surface area contributed by atoms with Gasteiger partial charge in [-0.3, -0.25) is 4.79 Å². The molecule has 0 saturated heterocycles. The molecular formula is C24H27N3O3. The van der Waals surface area contributed by atoms with Crippen LogP contribution in [0.4, 0.5) is 0 Å². The van der Waals surface area contributed by atoms with E-state index in [0.717, 1.165) is 35.7 Å². The fraction of sp³-hybridized carbons (Fsp3) is 0.333. The zero-order valence-corrected chi connectivity index (χ0v) is 17.5. The van der Waals surface area contributed by atoms with E-state index in [1.807, 2.05) is 43.3 Å². The maximum absolute atomic E-state index is 12.6. The van der Waals surface area contributed by atoms with Crippen LogP contribution >= 0.6 is 0 Å². The normalized spacial score (nSPS) is 13.4. The Balaban J connectivity index is 1.47. The van der Waals surface area contributed by atoms with Crippen LogP contribution < -0.4 is 14.9 Å². The second-order valence-electron chi connectivity index (χ2n) is 7.51. The number of aromatic amines is 1. The van der Waals surface area contributed by atoms with Gasteiger partial charge in [-0.1, -0.05) is 6.92 Å². The molecule has 6 heteroatoms. The number of hydrogen-bond donors (Lipinski definition) is 2. The van der Waals surface area contributed by atoms with Gasteiger partial charge in [0.1, 0.15) is 0 Å². The minimum absolute atomic E-state index is 0.227. The number of aromatic nitrogens is 1. The summed E-state index contributed by atoms with van der Waals surface area (Å²) in [5, 5.41) is 5.27. The first-order chi connectivity index (χ1) is 14.7. The second kappa shape index (κ2) is 9.03. The van der Waals surface area contributed by atoms with E-state index >= 15 is 0 Å². The van der Waals surface area contributed by atoms with E-state index in [1.165, 1.54) is 24.1 Å². The molecule has 0 atom stereocenters. The van der Waals surface area contributed by atoms with Gasteiger partial charge < -0.3 is 14.5 Å². The van der Waals surface area contributed by atoms with Gasteiger partial charge in [0.2, 0.25) is 0 Å². The molecule has 0 saturated carbocycles. The van der Waals surface area contributed by atoms with Crippen molar-refractivity contribution in [3.63, 3.8) is 0 Å². The van der Waals surface area contributed by atoms with Crippen molar-refractivity contribution in [1.82, 2.24) is 10.4 Å². The lowest BCUT2D eigenvalue weighted by atomic mass is 9.95. The summed E-state index contributed by atoms with van der Waals surface area (Å²) in [5.74, 6) is 1.11. The molecule has 0 fully saturated rings. The van der Waals surface area contributed by atoms with Gasteiger partial charge in [0.15, 0.2) is 11.5 Å². The Morgan fingerprint density at radius 2 is 2.03 bits per heavy atom. The monoisotopic (exact) mass is 405 g/mol. The third-order valence-electron chi connectivity index (χ3n) is 5.39. The highest BCUT2D eigenvalue weighted by Crippen LogP contribution is 2.30. The first-order valence-electron chi connectivity index (χ1n) is 10.5. The Morgan fingerprint density at radius 1 is 1.17 bits per heavy atom. The number of H-pyrrole nitrogens is 1. The largest absolute Gasteiger partial charge is 0.493 e. The predicted molar refractivity (Wildman–Crippen MR) is 119 cm³/mol. The number of benzene rings is 2. The predicted octanol–water partition coefficient (Wildman–Crippen LogP) is 4.61. The lowest BCUT2D eigenvalue weighted by Gasteiger charge is -2.10. The van der Waals surface area contributed by atoms with E-state index in [0.29, 0.717) is 23.7 Å². The molecule has 2 N–H and O–H groups in total. The first kappa shape index (κ1) is 20.0. The van der Waals surface area contributed by atoms with Crippen molar-refractivity contribution >= 4 is 23.0 Å². The van der Waals surface area contributed by atoms with E-state index in [2.05, 4.69) is 15.5 Å². The quantitative estimate of drug-likeness (QED) is 0.445. The molecule has 6 nitrogen and oxygen atoms in total. The van der Waals surface area contributed by atoms with E-state index in [4.69, 9.17) is 9.47 Å². The number of amides is 1. The second-order valence-corrected chi connectivity index (χ2v) is 7.51. The molecule has 4 rings (SSSR count). The highest BCUT2D eigenvalue weighted by molar-refractivity contribution is 5.99. The number of hydrazone groups is 1. The number of nitrogens with zero attached hydrogens (tertiary/aromatic N) is 1. The molecule has 0 bridgehead atoms. The summed E-state index contributed by atoms with van der Waals surface area (Å²) in [6.45, 7) is 2.66. The van der Waals surface area contributed by atoms with E-state index < -0.39 is 0 Å². The molecular weight excluding hydrogens is 378 g/mol. The van der Waals surface area contributed by atoms with Gasteiger partial charge in [-0.25, -0.2) is 5.43 Å². The molecule has 3 aromatic rings. The third kappa shape index (κ3) is 4.17. The molecule has 1 aliphatic carbocycles. The van der Waals surface area contributed by atoms with Crippen molar-refractivity contribution in [2.24, 2.45) is 5.10 Å². The Morgan fingerprint density at radius 3 is 2.87 bits per heavy atom. The topological polar surface area (TPSA) is 75.7 Å². The van der Waals surface area contributed by atoms with E-state index in [-0.39, 0.29) is 5.91 Å². The number of methoxy groups -OCH3 is 1. The number of fused-ring (bicyclic) bond motifs is 3. The molecule has 0 aliphatic heterocycles. The van der Waals surface area contributed by atoms with Gasteiger partial charge in [-0.2, -0.15) is 5.10 Å². The number of rotatable bonds is 7.